The van der Waals surface area contributed by atoms with Gasteiger partial charge in [-0.15, -0.1) is 13.2 Å². The first-order valence-electron chi connectivity index (χ1n) is 6.03. The second kappa shape index (κ2) is 5.31. The van der Waals surface area contributed by atoms with Gasteiger partial charge < -0.3 is 10.1 Å². The van der Waals surface area contributed by atoms with E-state index in [9.17, 15) is 22.8 Å². The Morgan fingerprint density at radius 3 is 2.05 bits per heavy atom. The second-order valence-corrected chi connectivity index (χ2v) is 6.07. The predicted molar refractivity (Wildman–Crippen MR) is 73.1 cm³/mol. The number of benzene rings is 1. The summed E-state index contributed by atoms with van der Waals surface area (Å²) < 4.78 is 40.3. The number of ketones is 1. The van der Waals surface area contributed by atoms with Gasteiger partial charge in [0.05, 0.1) is 15.6 Å². The third kappa shape index (κ3) is 3.15. The molecule has 1 saturated heterocycles. The van der Waals surface area contributed by atoms with Crippen LogP contribution in [0.15, 0.2) is 12.1 Å². The minimum Gasteiger partial charge on any atom is -0.406 e. The van der Waals surface area contributed by atoms with Crippen LogP contribution >= 0.6 is 23.2 Å². The Morgan fingerprint density at radius 1 is 1.18 bits per heavy atom. The standard InChI is InChI=1S/C13H10Cl2F3NO3/c1-12(2)10(20)9(11(21)19-12)8-6(14)3-5(4-7(8)15)22-13(16,17)18/h3-4,9H,1-2H3,(H,19,21). The Balaban J connectivity index is 2.46. The van der Waals surface area contributed by atoms with Crippen LogP contribution in [0.1, 0.15) is 25.3 Å². The van der Waals surface area contributed by atoms with Crippen LogP contribution in [-0.2, 0) is 9.59 Å². The average molecular weight is 356 g/mol. The zero-order chi connectivity index (χ0) is 16.9. The largest absolute Gasteiger partial charge is 0.573 e. The highest BCUT2D eigenvalue weighted by Gasteiger charge is 2.48. The van der Waals surface area contributed by atoms with Gasteiger partial charge in [-0.05, 0) is 26.0 Å². The van der Waals surface area contributed by atoms with E-state index in [1.807, 2.05) is 0 Å². The fraction of sp³-hybridized carbons (Fsp3) is 0.385. The summed E-state index contributed by atoms with van der Waals surface area (Å²) in [4.78, 5) is 24.2. The van der Waals surface area contributed by atoms with E-state index >= 15 is 0 Å². The molecule has 1 fully saturated rings. The van der Waals surface area contributed by atoms with E-state index in [1.165, 1.54) is 13.8 Å². The van der Waals surface area contributed by atoms with Gasteiger partial charge in [-0.2, -0.15) is 0 Å². The highest BCUT2D eigenvalue weighted by Crippen LogP contribution is 2.40. The van der Waals surface area contributed by atoms with Crippen LogP contribution in [0.3, 0.4) is 0 Å². The molecule has 0 radical (unpaired) electrons. The maximum Gasteiger partial charge on any atom is 0.573 e. The Kier molecular flexibility index (Phi) is 4.08. The molecule has 0 saturated carbocycles. The summed E-state index contributed by atoms with van der Waals surface area (Å²) in [5.74, 6) is -2.97. The molecule has 0 aliphatic carbocycles. The number of ether oxygens (including phenoxy) is 1. The number of hydrogen-bond donors (Lipinski definition) is 1. The molecule has 1 amide bonds. The van der Waals surface area contributed by atoms with Gasteiger partial charge in [0.2, 0.25) is 5.91 Å². The number of hydrogen-bond acceptors (Lipinski definition) is 3. The molecule has 4 nitrogen and oxygen atoms in total. The smallest absolute Gasteiger partial charge is 0.406 e. The van der Waals surface area contributed by atoms with Crippen molar-refractivity contribution in [2.75, 3.05) is 0 Å². The quantitative estimate of drug-likeness (QED) is 0.826. The molecule has 1 aliphatic heterocycles. The van der Waals surface area contributed by atoms with Gasteiger partial charge in [0.1, 0.15) is 11.7 Å². The molecule has 0 aromatic heterocycles. The number of alkyl halides is 3. The van der Waals surface area contributed by atoms with Gasteiger partial charge in [-0.1, -0.05) is 23.2 Å². The summed E-state index contributed by atoms with van der Waals surface area (Å²) in [7, 11) is 0. The number of carbonyl (C=O) groups is 2. The van der Waals surface area contributed by atoms with Crippen LogP contribution < -0.4 is 10.1 Å². The molecule has 22 heavy (non-hydrogen) atoms. The predicted octanol–water partition coefficient (Wildman–Crippen LogP) is 3.45. The van der Waals surface area contributed by atoms with E-state index < -0.39 is 35.3 Å². The molecule has 1 heterocycles. The lowest BCUT2D eigenvalue weighted by molar-refractivity contribution is -0.274. The molecule has 0 spiro atoms. The fourth-order valence-corrected chi connectivity index (χ4v) is 2.90. The normalized spacial score (nSPS) is 21.0. The Labute approximate surface area is 133 Å². The minimum absolute atomic E-state index is 0.0362. The summed E-state index contributed by atoms with van der Waals surface area (Å²) in [6, 6.07) is 1.73. The first kappa shape index (κ1) is 16.9. The molecule has 0 bridgehead atoms. The van der Waals surface area contributed by atoms with Crippen molar-refractivity contribution in [1.82, 2.24) is 5.32 Å². The van der Waals surface area contributed by atoms with Gasteiger partial charge in [-0.25, -0.2) is 0 Å². The highest BCUT2D eigenvalue weighted by atomic mass is 35.5. The van der Waals surface area contributed by atoms with Crippen molar-refractivity contribution in [3.8, 4) is 5.75 Å². The number of halogens is 5. The van der Waals surface area contributed by atoms with Crippen LogP contribution in [0, 0.1) is 0 Å². The summed E-state index contributed by atoms with van der Waals surface area (Å²) in [5.41, 5.74) is -1.14. The highest BCUT2D eigenvalue weighted by molar-refractivity contribution is 6.38. The van der Waals surface area contributed by atoms with Crippen molar-refractivity contribution in [2.45, 2.75) is 31.7 Å². The van der Waals surface area contributed by atoms with Gasteiger partial charge in [0, 0.05) is 5.56 Å². The summed E-state index contributed by atoms with van der Waals surface area (Å²) in [5, 5.41) is 1.98. The number of amides is 1. The maximum atomic E-state index is 12.2. The SMILES string of the molecule is CC1(C)NC(=O)C(c2c(Cl)cc(OC(F)(F)F)cc2Cl)C1=O. The zero-order valence-corrected chi connectivity index (χ0v) is 12.9. The van der Waals surface area contributed by atoms with Crippen molar-refractivity contribution in [3.63, 3.8) is 0 Å². The first-order chi connectivity index (χ1) is 9.92. The van der Waals surface area contributed by atoms with E-state index in [0.717, 1.165) is 12.1 Å². The van der Waals surface area contributed by atoms with E-state index in [0.29, 0.717) is 0 Å². The van der Waals surface area contributed by atoms with E-state index in [1.54, 1.807) is 0 Å². The average Bonchev–Trinajstić information content (AvgIpc) is 2.48. The minimum atomic E-state index is -4.91. The number of nitrogens with one attached hydrogen (secondary N) is 1. The van der Waals surface area contributed by atoms with Crippen molar-refractivity contribution >= 4 is 34.9 Å². The Bertz CT molecular complexity index is 635. The first-order valence-corrected chi connectivity index (χ1v) is 6.79. The maximum absolute atomic E-state index is 12.2. The Morgan fingerprint density at radius 2 is 1.68 bits per heavy atom. The third-order valence-corrected chi connectivity index (χ3v) is 3.78. The van der Waals surface area contributed by atoms with Crippen molar-refractivity contribution in [3.05, 3.63) is 27.7 Å². The van der Waals surface area contributed by atoms with Crippen LogP contribution in [0.5, 0.6) is 5.75 Å². The Hall–Kier alpha value is -1.47. The van der Waals surface area contributed by atoms with Gasteiger partial charge in [0.15, 0.2) is 5.78 Å². The van der Waals surface area contributed by atoms with Crippen molar-refractivity contribution in [2.24, 2.45) is 0 Å². The van der Waals surface area contributed by atoms with Crippen LogP contribution in [0.25, 0.3) is 0 Å². The molecular weight excluding hydrogens is 346 g/mol. The van der Waals surface area contributed by atoms with Crippen molar-refractivity contribution in [1.29, 1.82) is 0 Å². The summed E-state index contributed by atoms with van der Waals surface area (Å²) in [6.45, 7) is 3.02. The topological polar surface area (TPSA) is 55.4 Å². The molecule has 1 atom stereocenters. The van der Waals surface area contributed by atoms with Crippen LogP contribution in [0.2, 0.25) is 10.0 Å². The molecule has 1 unspecified atom stereocenters. The van der Waals surface area contributed by atoms with Crippen molar-refractivity contribution < 1.29 is 27.5 Å². The van der Waals surface area contributed by atoms with E-state index in [-0.39, 0.29) is 15.6 Å². The fourth-order valence-electron chi connectivity index (χ4n) is 2.21. The lowest BCUT2D eigenvalue weighted by atomic mass is 9.89. The molecule has 1 aliphatic rings. The van der Waals surface area contributed by atoms with E-state index in [4.69, 9.17) is 23.2 Å². The molecule has 1 N–H and O–H groups in total. The molecule has 9 heteroatoms. The van der Waals surface area contributed by atoms with Gasteiger partial charge in [0.25, 0.3) is 0 Å². The zero-order valence-electron chi connectivity index (χ0n) is 11.3. The molecule has 2 rings (SSSR count). The molecule has 1 aromatic carbocycles. The van der Waals surface area contributed by atoms with E-state index in [2.05, 4.69) is 10.1 Å². The lowest BCUT2D eigenvalue weighted by Gasteiger charge is -2.16. The molecular formula is C13H10Cl2F3NO3. The summed E-state index contributed by atoms with van der Waals surface area (Å²) in [6.07, 6.45) is -4.91. The molecule has 1 aromatic rings. The lowest BCUT2D eigenvalue weighted by Crippen LogP contribution is -2.39. The summed E-state index contributed by atoms with van der Waals surface area (Å²) >= 11 is 11.8. The second-order valence-electron chi connectivity index (χ2n) is 5.26. The number of rotatable bonds is 2. The number of Topliss-reactive ketones (excluding diaryl/α,β-unsaturated/α-hetero) is 1. The third-order valence-electron chi connectivity index (χ3n) is 3.15. The van der Waals surface area contributed by atoms with Crippen LogP contribution in [-0.4, -0.2) is 23.6 Å². The van der Waals surface area contributed by atoms with Gasteiger partial charge >= 0.3 is 6.36 Å². The van der Waals surface area contributed by atoms with Crippen LogP contribution in [0.4, 0.5) is 13.2 Å². The monoisotopic (exact) mass is 355 g/mol. The van der Waals surface area contributed by atoms with Gasteiger partial charge in [-0.3, -0.25) is 9.59 Å². The molecule has 120 valence electrons. The number of carbonyl (C=O) groups excluding carboxylic acids is 2.